The van der Waals surface area contributed by atoms with Crippen LogP contribution in [0.5, 0.6) is 5.75 Å². The molecule has 0 bridgehead atoms. The van der Waals surface area contributed by atoms with E-state index in [1.54, 1.807) is 24.8 Å². The molecule has 2 unspecified atom stereocenters. The van der Waals surface area contributed by atoms with Crippen molar-refractivity contribution < 1.29 is 19.0 Å². The molecule has 112 valence electrons. The number of aliphatic hydroxyl groups excluding tert-OH is 1. The molecule has 0 aliphatic carbocycles. The van der Waals surface area contributed by atoms with Gasteiger partial charge in [0, 0.05) is 18.7 Å². The summed E-state index contributed by atoms with van der Waals surface area (Å²) in [6, 6.07) is 5.63. The summed E-state index contributed by atoms with van der Waals surface area (Å²) in [4.78, 5) is 13.9. The second kappa shape index (κ2) is 7.24. The average molecular weight is 283 g/mol. The molecule has 2 atom stereocenters. The van der Waals surface area contributed by atoms with Crippen LogP contribution in [0.15, 0.2) is 24.3 Å². The van der Waals surface area contributed by atoms with Gasteiger partial charge < -0.3 is 14.7 Å². The zero-order valence-corrected chi connectivity index (χ0v) is 12.3. The van der Waals surface area contributed by atoms with Crippen LogP contribution in [0.1, 0.15) is 27.7 Å². The smallest absolute Gasteiger partial charge is 0.263 e. The van der Waals surface area contributed by atoms with Gasteiger partial charge in [-0.05, 0) is 39.8 Å². The molecule has 0 aliphatic heterocycles. The van der Waals surface area contributed by atoms with Gasteiger partial charge in [0.2, 0.25) is 0 Å². The van der Waals surface area contributed by atoms with Crippen molar-refractivity contribution in [2.24, 2.45) is 0 Å². The fourth-order valence-electron chi connectivity index (χ4n) is 1.87. The highest BCUT2D eigenvalue weighted by Crippen LogP contribution is 2.15. The molecule has 1 aromatic carbocycles. The first-order valence-electron chi connectivity index (χ1n) is 6.72. The van der Waals surface area contributed by atoms with Crippen LogP contribution in [0.2, 0.25) is 0 Å². The maximum Gasteiger partial charge on any atom is 0.263 e. The zero-order chi connectivity index (χ0) is 15.3. The molecule has 0 saturated heterocycles. The maximum absolute atomic E-state index is 13.1. The van der Waals surface area contributed by atoms with Crippen LogP contribution in [-0.2, 0) is 4.79 Å². The van der Waals surface area contributed by atoms with Gasteiger partial charge in [0.25, 0.3) is 5.91 Å². The Morgan fingerprint density at radius 2 is 2.00 bits per heavy atom. The molecule has 1 N–H and O–H groups in total. The predicted molar refractivity (Wildman–Crippen MR) is 75.0 cm³/mol. The average Bonchev–Trinajstić information content (AvgIpc) is 2.34. The van der Waals surface area contributed by atoms with Gasteiger partial charge in [-0.25, -0.2) is 4.39 Å². The summed E-state index contributed by atoms with van der Waals surface area (Å²) in [6.07, 6.45) is -1.35. The number of nitrogens with zero attached hydrogens (tertiary/aromatic N) is 1. The van der Waals surface area contributed by atoms with E-state index in [0.717, 1.165) is 0 Å². The largest absolute Gasteiger partial charge is 0.481 e. The number of hydrogen-bond donors (Lipinski definition) is 1. The summed E-state index contributed by atoms with van der Waals surface area (Å²) in [6.45, 7) is 7.23. The van der Waals surface area contributed by atoms with Crippen LogP contribution in [0.25, 0.3) is 0 Å². The Balaban J connectivity index is 2.73. The van der Waals surface area contributed by atoms with E-state index >= 15 is 0 Å². The molecule has 1 amide bonds. The summed E-state index contributed by atoms with van der Waals surface area (Å²) in [5, 5.41) is 9.44. The van der Waals surface area contributed by atoms with E-state index < -0.39 is 18.0 Å². The molecule has 4 nitrogen and oxygen atoms in total. The molecule has 0 saturated carbocycles. The molecule has 0 radical (unpaired) electrons. The number of carbonyl (C=O) groups is 1. The number of rotatable bonds is 6. The number of ether oxygens (including phenoxy) is 1. The topological polar surface area (TPSA) is 49.8 Å². The number of benzene rings is 1. The van der Waals surface area contributed by atoms with Crippen molar-refractivity contribution >= 4 is 5.91 Å². The van der Waals surface area contributed by atoms with Gasteiger partial charge in [0.05, 0.1) is 6.10 Å². The highest BCUT2D eigenvalue weighted by molar-refractivity contribution is 5.81. The first kappa shape index (κ1) is 16.4. The van der Waals surface area contributed by atoms with Gasteiger partial charge in [0.15, 0.2) is 6.10 Å². The Bertz CT molecular complexity index is 448. The third-order valence-electron chi connectivity index (χ3n) is 2.82. The Morgan fingerprint density at radius 1 is 1.35 bits per heavy atom. The van der Waals surface area contributed by atoms with Gasteiger partial charge in [0.1, 0.15) is 11.6 Å². The molecule has 0 aromatic heterocycles. The lowest BCUT2D eigenvalue weighted by Gasteiger charge is -2.30. The lowest BCUT2D eigenvalue weighted by atomic mass is 10.2. The van der Waals surface area contributed by atoms with E-state index in [0.29, 0.717) is 5.75 Å². The van der Waals surface area contributed by atoms with Crippen LogP contribution >= 0.6 is 0 Å². The minimum Gasteiger partial charge on any atom is -0.481 e. The van der Waals surface area contributed by atoms with Gasteiger partial charge in [-0.1, -0.05) is 6.07 Å². The van der Waals surface area contributed by atoms with Gasteiger partial charge in [-0.2, -0.15) is 0 Å². The molecule has 0 spiro atoms. The third-order valence-corrected chi connectivity index (χ3v) is 2.82. The van der Waals surface area contributed by atoms with Crippen LogP contribution in [-0.4, -0.2) is 40.7 Å². The molecule has 1 rings (SSSR count). The lowest BCUT2D eigenvalue weighted by Crippen LogP contribution is -2.47. The minimum atomic E-state index is -0.738. The van der Waals surface area contributed by atoms with Crippen LogP contribution < -0.4 is 4.74 Å². The van der Waals surface area contributed by atoms with Crippen molar-refractivity contribution in [3.63, 3.8) is 0 Å². The van der Waals surface area contributed by atoms with Gasteiger partial charge in [-0.15, -0.1) is 0 Å². The van der Waals surface area contributed by atoms with E-state index in [-0.39, 0.29) is 18.5 Å². The lowest BCUT2D eigenvalue weighted by molar-refractivity contribution is -0.141. The van der Waals surface area contributed by atoms with Crippen molar-refractivity contribution in [2.75, 3.05) is 6.54 Å². The van der Waals surface area contributed by atoms with Crippen LogP contribution in [0.3, 0.4) is 0 Å². The molecule has 20 heavy (non-hydrogen) atoms. The van der Waals surface area contributed by atoms with Gasteiger partial charge in [-0.3, -0.25) is 4.79 Å². The van der Waals surface area contributed by atoms with Crippen LogP contribution in [0, 0.1) is 5.82 Å². The van der Waals surface area contributed by atoms with Crippen molar-refractivity contribution in [2.45, 2.75) is 45.9 Å². The molecule has 0 heterocycles. The molecule has 0 aliphatic rings. The minimum absolute atomic E-state index is 0.0457. The summed E-state index contributed by atoms with van der Waals surface area (Å²) < 4.78 is 18.5. The number of carbonyl (C=O) groups excluding carboxylic acids is 1. The molecular weight excluding hydrogens is 261 g/mol. The van der Waals surface area contributed by atoms with Crippen molar-refractivity contribution in [1.82, 2.24) is 4.90 Å². The van der Waals surface area contributed by atoms with E-state index in [2.05, 4.69) is 0 Å². The summed E-state index contributed by atoms with van der Waals surface area (Å²) in [5.74, 6) is -0.330. The van der Waals surface area contributed by atoms with E-state index in [4.69, 9.17) is 4.74 Å². The van der Waals surface area contributed by atoms with Crippen molar-refractivity contribution in [3.8, 4) is 5.75 Å². The fraction of sp³-hybridized carbons (Fsp3) is 0.533. The number of aliphatic hydroxyl groups is 1. The van der Waals surface area contributed by atoms with E-state index in [1.807, 2.05) is 13.8 Å². The Hall–Kier alpha value is -1.62. The molecule has 0 fully saturated rings. The molecule has 1 aromatic rings. The summed E-state index contributed by atoms with van der Waals surface area (Å²) in [5.41, 5.74) is 0. The summed E-state index contributed by atoms with van der Waals surface area (Å²) in [7, 11) is 0. The normalized spacial score (nSPS) is 13.9. The van der Waals surface area contributed by atoms with E-state index in [9.17, 15) is 14.3 Å². The second-order valence-electron chi connectivity index (χ2n) is 5.15. The van der Waals surface area contributed by atoms with Crippen molar-refractivity contribution in [1.29, 1.82) is 0 Å². The Labute approximate surface area is 119 Å². The fourth-order valence-corrected chi connectivity index (χ4v) is 1.87. The maximum atomic E-state index is 13.1. The quantitative estimate of drug-likeness (QED) is 0.871. The monoisotopic (exact) mass is 283 g/mol. The number of halogens is 1. The van der Waals surface area contributed by atoms with Gasteiger partial charge >= 0.3 is 0 Å². The SMILES string of the molecule is CC(O)CN(C(=O)C(C)Oc1cccc(F)c1)C(C)C. The third kappa shape index (κ3) is 4.81. The van der Waals surface area contributed by atoms with Crippen LogP contribution in [0.4, 0.5) is 4.39 Å². The number of amides is 1. The number of hydrogen-bond acceptors (Lipinski definition) is 3. The van der Waals surface area contributed by atoms with E-state index in [1.165, 1.54) is 18.2 Å². The first-order chi connectivity index (χ1) is 9.31. The highest BCUT2D eigenvalue weighted by Gasteiger charge is 2.25. The first-order valence-corrected chi connectivity index (χ1v) is 6.72. The Morgan fingerprint density at radius 3 is 2.50 bits per heavy atom. The second-order valence-corrected chi connectivity index (χ2v) is 5.15. The molecular formula is C15H22FNO3. The zero-order valence-electron chi connectivity index (χ0n) is 12.3. The molecule has 5 heteroatoms. The Kier molecular flexibility index (Phi) is 5.95. The summed E-state index contributed by atoms with van der Waals surface area (Å²) >= 11 is 0. The van der Waals surface area contributed by atoms with Crippen molar-refractivity contribution in [3.05, 3.63) is 30.1 Å². The standard InChI is InChI=1S/C15H22FNO3/c1-10(2)17(9-11(3)18)15(19)12(4)20-14-7-5-6-13(16)8-14/h5-8,10-12,18H,9H2,1-4H3. The highest BCUT2D eigenvalue weighted by atomic mass is 19.1. The predicted octanol–water partition coefficient (Wildman–Crippen LogP) is 2.21.